The van der Waals surface area contributed by atoms with Crippen LogP contribution in [-0.4, -0.2) is 19.6 Å². The third-order valence-electron chi connectivity index (χ3n) is 8.73. The molecule has 2 aromatic heterocycles. The van der Waals surface area contributed by atoms with Gasteiger partial charge in [0.05, 0.1) is 28.0 Å². The lowest BCUT2D eigenvalue weighted by Gasteiger charge is -2.22. The van der Waals surface area contributed by atoms with Gasteiger partial charge in [-0.25, -0.2) is 4.98 Å². The van der Waals surface area contributed by atoms with E-state index >= 15 is 0 Å². The van der Waals surface area contributed by atoms with Crippen LogP contribution >= 0.6 is 0 Å². The summed E-state index contributed by atoms with van der Waals surface area (Å²) in [6.45, 7) is 8.94. The standard InChI is InChI=1S/C42H37N3O/c1-27(2)33-18-11-19-34(28(3)4)41(33)45-38-21-12-20-35(40(38)44-42(45)36-17-8-9-22-39(36)46)31-15-10-16-32(25-31)37-26-30(23-24-43-37)29-13-6-5-7-14-29/h5-28,46H,1-4H3. The Kier molecular flexibility index (Phi) is 7.71. The smallest absolute Gasteiger partial charge is 0.149 e. The number of pyridine rings is 1. The number of para-hydroxylation sites is 3. The maximum Gasteiger partial charge on any atom is 0.149 e. The SMILES string of the molecule is CC(C)c1cccc(C(C)C)c1-n1c(-c2ccccc2O)nc2c(-c3cccc(-c4cc(-c5ccccc5)ccn4)c3)cccc21. The molecule has 0 atom stereocenters. The number of rotatable bonds is 7. The Labute approximate surface area is 270 Å². The minimum atomic E-state index is 0.208. The monoisotopic (exact) mass is 599 g/mol. The second kappa shape index (κ2) is 12.1. The molecule has 0 unspecified atom stereocenters. The normalized spacial score (nSPS) is 11.5. The Bertz CT molecular complexity index is 2150. The van der Waals surface area contributed by atoms with Crippen molar-refractivity contribution in [3.8, 4) is 56.3 Å². The minimum absolute atomic E-state index is 0.208. The topological polar surface area (TPSA) is 50.9 Å². The summed E-state index contributed by atoms with van der Waals surface area (Å²) in [6, 6.07) is 43.6. The van der Waals surface area contributed by atoms with Gasteiger partial charge in [-0.1, -0.05) is 119 Å². The summed E-state index contributed by atoms with van der Waals surface area (Å²) in [7, 11) is 0. The molecule has 0 spiro atoms. The van der Waals surface area contributed by atoms with Crippen molar-refractivity contribution >= 4 is 11.0 Å². The van der Waals surface area contributed by atoms with Crippen molar-refractivity contribution in [1.82, 2.24) is 14.5 Å². The van der Waals surface area contributed by atoms with Crippen LogP contribution in [-0.2, 0) is 0 Å². The Morgan fingerprint density at radius 1 is 0.565 bits per heavy atom. The summed E-state index contributed by atoms with van der Waals surface area (Å²) in [6.07, 6.45) is 1.88. The molecule has 46 heavy (non-hydrogen) atoms. The summed E-state index contributed by atoms with van der Waals surface area (Å²) < 4.78 is 2.27. The van der Waals surface area contributed by atoms with Crippen LogP contribution < -0.4 is 0 Å². The summed E-state index contributed by atoms with van der Waals surface area (Å²) in [5.74, 6) is 1.52. The van der Waals surface area contributed by atoms with Gasteiger partial charge in [0, 0.05) is 17.3 Å². The average molecular weight is 600 g/mol. The van der Waals surface area contributed by atoms with Gasteiger partial charge in [-0.15, -0.1) is 0 Å². The fraction of sp³-hybridized carbons (Fsp3) is 0.143. The van der Waals surface area contributed by atoms with E-state index in [1.165, 1.54) is 11.1 Å². The van der Waals surface area contributed by atoms with Gasteiger partial charge in [-0.3, -0.25) is 9.55 Å². The molecule has 7 aromatic rings. The van der Waals surface area contributed by atoms with Gasteiger partial charge in [0.2, 0.25) is 0 Å². The third-order valence-corrected chi connectivity index (χ3v) is 8.73. The molecule has 7 rings (SSSR count). The summed E-state index contributed by atoms with van der Waals surface area (Å²) in [5, 5.41) is 11.1. The van der Waals surface area contributed by atoms with E-state index in [2.05, 4.69) is 129 Å². The average Bonchev–Trinajstić information content (AvgIpc) is 3.48. The number of hydrogen-bond acceptors (Lipinski definition) is 3. The van der Waals surface area contributed by atoms with Crippen molar-refractivity contribution in [2.24, 2.45) is 0 Å². The number of phenols is 1. The zero-order valence-corrected chi connectivity index (χ0v) is 26.6. The lowest BCUT2D eigenvalue weighted by atomic mass is 9.92. The highest BCUT2D eigenvalue weighted by Crippen LogP contribution is 2.41. The van der Waals surface area contributed by atoms with Crippen LogP contribution in [0.4, 0.5) is 0 Å². The van der Waals surface area contributed by atoms with Gasteiger partial charge in [-0.2, -0.15) is 0 Å². The zero-order valence-electron chi connectivity index (χ0n) is 26.6. The van der Waals surface area contributed by atoms with Crippen molar-refractivity contribution in [3.63, 3.8) is 0 Å². The number of phenolic OH excluding ortho intramolecular Hbond substituents is 1. The first-order valence-corrected chi connectivity index (χ1v) is 16.0. The Morgan fingerprint density at radius 2 is 1.20 bits per heavy atom. The molecular formula is C42H37N3O. The number of nitrogens with zero attached hydrogens (tertiary/aromatic N) is 3. The fourth-order valence-corrected chi connectivity index (χ4v) is 6.42. The van der Waals surface area contributed by atoms with Gasteiger partial charge < -0.3 is 5.11 Å². The Hall–Kier alpha value is -5.48. The number of imidazole rings is 1. The second-order valence-electron chi connectivity index (χ2n) is 12.4. The number of hydrogen-bond donors (Lipinski definition) is 1. The van der Waals surface area contributed by atoms with Crippen LogP contribution in [0.5, 0.6) is 5.75 Å². The minimum Gasteiger partial charge on any atom is -0.507 e. The van der Waals surface area contributed by atoms with Gasteiger partial charge in [0.25, 0.3) is 0 Å². The molecule has 0 bridgehead atoms. The molecule has 0 fully saturated rings. The van der Waals surface area contributed by atoms with Crippen LogP contribution in [0.3, 0.4) is 0 Å². The number of aromatic nitrogens is 3. The predicted molar refractivity (Wildman–Crippen MR) is 190 cm³/mol. The Morgan fingerprint density at radius 3 is 1.93 bits per heavy atom. The second-order valence-corrected chi connectivity index (χ2v) is 12.4. The molecule has 0 saturated carbocycles. The zero-order chi connectivity index (χ0) is 31.8. The quantitative estimate of drug-likeness (QED) is 0.198. The van der Waals surface area contributed by atoms with Gasteiger partial charge in [0.1, 0.15) is 11.6 Å². The van der Waals surface area contributed by atoms with Crippen molar-refractivity contribution < 1.29 is 5.11 Å². The first kappa shape index (κ1) is 29.2. The highest BCUT2D eigenvalue weighted by atomic mass is 16.3. The summed E-state index contributed by atoms with van der Waals surface area (Å²) in [5.41, 5.74) is 12.6. The van der Waals surface area contributed by atoms with Crippen molar-refractivity contribution in [3.05, 3.63) is 145 Å². The molecule has 0 aliphatic rings. The maximum absolute atomic E-state index is 11.1. The fourth-order valence-electron chi connectivity index (χ4n) is 6.42. The molecule has 0 aliphatic heterocycles. The molecule has 0 amide bonds. The van der Waals surface area contributed by atoms with E-state index in [1.807, 2.05) is 30.5 Å². The van der Waals surface area contributed by atoms with Gasteiger partial charge >= 0.3 is 0 Å². The van der Waals surface area contributed by atoms with Crippen LogP contribution in [0.2, 0.25) is 0 Å². The molecule has 0 saturated heterocycles. The lowest BCUT2D eigenvalue weighted by molar-refractivity contribution is 0.477. The van der Waals surface area contributed by atoms with Crippen LogP contribution in [0.25, 0.3) is 61.6 Å². The van der Waals surface area contributed by atoms with E-state index in [0.717, 1.165) is 56.1 Å². The van der Waals surface area contributed by atoms with E-state index in [0.29, 0.717) is 17.4 Å². The molecule has 2 heterocycles. The molecule has 5 aromatic carbocycles. The van der Waals surface area contributed by atoms with Gasteiger partial charge in [0.15, 0.2) is 0 Å². The molecule has 1 N–H and O–H groups in total. The van der Waals surface area contributed by atoms with Crippen LogP contribution in [0.1, 0.15) is 50.7 Å². The van der Waals surface area contributed by atoms with Gasteiger partial charge in [-0.05, 0) is 76.1 Å². The molecule has 4 nitrogen and oxygen atoms in total. The first-order valence-electron chi connectivity index (χ1n) is 16.0. The van der Waals surface area contributed by atoms with Crippen molar-refractivity contribution in [2.45, 2.75) is 39.5 Å². The van der Waals surface area contributed by atoms with Crippen LogP contribution in [0, 0.1) is 0 Å². The van der Waals surface area contributed by atoms with Crippen LogP contribution in [0.15, 0.2) is 134 Å². The molecule has 226 valence electrons. The first-order chi connectivity index (χ1) is 22.4. The number of benzene rings is 5. The van der Waals surface area contributed by atoms with Crippen molar-refractivity contribution in [1.29, 1.82) is 0 Å². The van der Waals surface area contributed by atoms with E-state index in [9.17, 15) is 5.11 Å². The number of fused-ring (bicyclic) bond motifs is 1. The van der Waals surface area contributed by atoms with E-state index in [1.54, 1.807) is 6.07 Å². The number of aromatic hydroxyl groups is 1. The predicted octanol–water partition coefficient (Wildman–Crippen LogP) is 11.0. The largest absolute Gasteiger partial charge is 0.507 e. The molecule has 4 heteroatoms. The summed E-state index contributed by atoms with van der Waals surface area (Å²) >= 11 is 0. The highest BCUT2D eigenvalue weighted by Gasteiger charge is 2.24. The lowest BCUT2D eigenvalue weighted by Crippen LogP contribution is -2.08. The molecule has 0 aliphatic carbocycles. The third kappa shape index (κ3) is 5.26. The maximum atomic E-state index is 11.1. The molecular weight excluding hydrogens is 562 g/mol. The highest BCUT2D eigenvalue weighted by molar-refractivity contribution is 5.97. The van der Waals surface area contributed by atoms with E-state index in [4.69, 9.17) is 9.97 Å². The summed E-state index contributed by atoms with van der Waals surface area (Å²) in [4.78, 5) is 10.1. The Balaban J connectivity index is 1.46. The molecule has 0 radical (unpaired) electrons. The van der Waals surface area contributed by atoms with Crippen molar-refractivity contribution in [2.75, 3.05) is 0 Å². The van der Waals surface area contributed by atoms with E-state index in [-0.39, 0.29) is 5.75 Å². The van der Waals surface area contributed by atoms with E-state index < -0.39 is 0 Å².